The van der Waals surface area contributed by atoms with Crippen molar-refractivity contribution in [2.24, 2.45) is 17.6 Å². The number of nitrogens with two attached hydrogens (primary N) is 1. The van der Waals surface area contributed by atoms with E-state index < -0.39 is 9.85 Å². The third-order valence-corrected chi connectivity index (χ3v) is 4.26. The molecule has 1 aliphatic rings. The molecule has 2 N–H and O–H groups in total. The number of nitro benzene ring substituents is 2. The highest BCUT2D eigenvalue weighted by atomic mass is 16.6. The second-order valence-corrected chi connectivity index (χ2v) is 5.87. The van der Waals surface area contributed by atoms with Crippen LogP contribution in [0.1, 0.15) is 31.7 Å². The van der Waals surface area contributed by atoms with E-state index in [1.54, 1.807) is 0 Å². The van der Waals surface area contributed by atoms with Crippen molar-refractivity contribution in [2.45, 2.75) is 38.6 Å². The van der Waals surface area contributed by atoms with Crippen LogP contribution in [0.15, 0.2) is 18.2 Å². The lowest BCUT2D eigenvalue weighted by Gasteiger charge is -2.32. The molecule has 0 aromatic heterocycles. The molecule has 7 heteroatoms. The molecule has 21 heavy (non-hydrogen) atoms. The van der Waals surface area contributed by atoms with Crippen LogP contribution in [0.2, 0.25) is 0 Å². The zero-order chi connectivity index (χ0) is 15.6. The Kier molecular flexibility index (Phi) is 4.52. The van der Waals surface area contributed by atoms with Crippen LogP contribution in [-0.4, -0.2) is 15.9 Å². The van der Waals surface area contributed by atoms with Gasteiger partial charge in [0.05, 0.1) is 15.9 Å². The molecule has 2 rings (SSSR count). The monoisotopic (exact) mass is 293 g/mol. The first-order chi connectivity index (χ1) is 9.88. The van der Waals surface area contributed by atoms with E-state index in [1.807, 2.05) is 0 Å². The van der Waals surface area contributed by atoms with E-state index in [2.05, 4.69) is 6.92 Å². The van der Waals surface area contributed by atoms with Gasteiger partial charge in [0.2, 0.25) is 0 Å². The fourth-order valence-corrected chi connectivity index (χ4v) is 3.05. The van der Waals surface area contributed by atoms with Crippen molar-refractivity contribution >= 4 is 11.4 Å². The molecule has 0 radical (unpaired) electrons. The average Bonchev–Trinajstić information content (AvgIpc) is 2.42. The molecule has 0 spiro atoms. The molecule has 114 valence electrons. The Bertz CT molecular complexity index is 561. The van der Waals surface area contributed by atoms with E-state index in [1.165, 1.54) is 12.1 Å². The van der Waals surface area contributed by atoms with Crippen LogP contribution in [0.5, 0.6) is 0 Å². The molecular weight excluding hydrogens is 274 g/mol. The highest BCUT2D eigenvalue weighted by Crippen LogP contribution is 2.33. The standard InChI is InChI=1S/C14H19N3O4/c1-9-2-5-13(15)11(6-9)7-10-3-4-12(16(18)19)8-14(10)17(20)21/h3-4,8-9,11,13H,2,5-7,15H2,1H3. The lowest BCUT2D eigenvalue weighted by Crippen LogP contribution is -2.36. The summed E-state index contributed by atoms with van der Waals surface area (Å²) in [5, 5.41) is 21.9. The Labute approximate surface area is 122 Å². The third kappa shape index (κ3) is 3.55. The Morgan fingerprint density at radius 3 is 2.57 bits per heavy atom. The highest BCUT2D eigenvalue weighted by molar-refractivity contribution is 5.49. The molecule has 7 nitrogen and oxygen atoms in total. The van der Waals surface area contributed by atoms with E-state index >= 15 is 0 Å². The SMILES string of the molecule is CC1CCC(N)C(Cc2ccc([N+](=O)[O-])cc2[N+](=O)[O-])C1. The van der Waals surface area contributed by atoms with E-state index in [0.717, 1.165) is 25.3 Å². The molecule has 1 aromatic rings. The molecule has 1 fully saturated rings. The largest absolute Gasteiger partial charge is 0.327 e. The zero-order valence-corrected chi connectivity index (χ0v) is 11.9. The predicted molar refractivity (Wildman–Crippen MR) is 77.9 cm³/mol. The first-order valence-corrected chi connectivity index (χ1v) is 7.05. The lowest BCUT2D eigenvalue weighted by atomic mass is 9.76. The van der Waals surface area contributed by atoms with Crippen molar-refractivity contribution in [1.82, 2.24) is 0 Å². The van der Waals surface area contributed by atoms with Crippen LogP contribution in [0.25, 0.3) is 0 Å². The van der Waals surface area contributed by atoms with Gasteiger partial charge in [0, 0.05) is 17.7 Å². The molecule has 1 saturated carbocycles. The summed E-state index contributed by atoms with van der Waals surface area (Å²) in [7, 11) is 0. The molecule has 1 aromatic carbocycles. The fraction of sp³-hybridized carbons (Fsp3) is 0.571. The van der Waals surface area contributed by atoms with Crippen molar-refractivity contribution in [3.8, 4) is 0 Å². The normalized spacial score (nSPS) is 25.5. The summed E-state index contributed by atoms with van der Waals surface area (Å²) >= 11 is 0. The minimum Gasteiger partial charge on any atom is -0.327 e. The number of nitrogens with zero attached hydrogens (tertiary/aromatic N) is 2. The van der Waals surface area contributed by atoms with Gasteiger partial charge in [-0.05, 0) is 43.6 Å². The van der Waals surface area contributed by atoms with Crippen LogP contribution < -0.4 is 5.73 Å². The number of nitro groups is 2. The molecule has 0 saturated heterocycles. The first-order valence-electron chi connectivity index (χ1n) is 7.05. The van der Waals surface area contributed by atoms with Gasteiger partial charge < -0.3 is 5.73 Å². The van der Waals surface area contributed by atoms with E-state index in [-0.39, 0.29) is 23.3 Å². The molecule has 0 bridgehead atoms. The number of non-ortho nitro benzene ring substituents is 1. The molecule has 0 aliphatic heterocycles. The van der Waals surface area contributed by atoms with Crippen LogP contribution in [0.4, 0.5) is 11.4 Å². The van der Waals surface area contributed by atoms with E-state index in [4.69, 9.17) is 5.73 Å². The third-order valence-electron chi connectivity index (χ3n) is 4.26. The quantitative estimate of drug-likeness (QED) is 0.677. The van der Waals surface area contributed by atoms with Gasteiger partial charge in [0.15, 0.2) is 0 Å². The molecule has 0 amide bonds. The number of benzene rings is 1. The van der Waals surface area contributed by atoms with Crippen LogP contribution in [0.3, 0.4) is 0 Å². The van der Waals surface area contributed by atoms with Crippen molar-refractivity contribution in [2.75, 3.05) is 0 Å². The second kappa shape index (κ2) is 6.17. The molecule has 3 atom stereocenters. The maximum absolute atomic E-state index is 11.1. The summed E-state index contributed by atoms with van der Waals surface area (Å²) in [6.45, 7) is 2.16. The Balaban J connectivity index is 2.26. The molecule has 1 aliphatic carbocycles. The highest BCUT2D eigenvalue weighted by Gasteiger charge is 2.29. The minimum atomic E-state index is -0.620. The van der Waals surface area contributed by atoms with Crippen LogP contribution >= 0.6 is 0 Å². The molecule has 0 heterocycles. The van der Waals surface area contributed by atoms with Gasteiger partial charge in [-0.3, -0.25) is 20.2 Å². The summed E-state index contributed by atoms with van der Waals surface area (Å²) in [4.78, 5) is 20.7. The van der Waals surface area contributed by atoms with Gasteiger partial charge in [0.25, 0.3) is 11.4 Å². The topological polar surface area (TPSA) is 112 Å². The molecular formula is C14H19N3O4. The van der Waals surface area contributed by atoms with Crippen molar-refractivity contribution in [3.63, 3.8) is 0 Å². The minimum absolute atomic E-state index is 0.0380. The van der Waals surface area contributed by atoms with Crippen molar-refractivity contribution in [1.29, 1.82) is 0 Å². The first kappa shape index (κ1) is 15.4. The van der Waals surface area contributed by atoms with E-state index in [0.29, 0.717) is 17.9 Å². The van der Waals surface area contributed by atoms with Gasteiger partial charge in [0.1, 0.15) is 0 Å². The maximum Gasteiger partial charge on any atom is 0.279 e. The Hall–Kier alpha value is -2.02. The summed E-state index contributed by atoms with van der Waals surface area (Å²) < 4.78 is 0. The number of hydrogen-bond acceptors (Lipinski definition) is 5. The summed E-state index contributed by atoms with van der Waals surface area (Å²) in [5.74, 6) is 0.751. The fourth-order valence-electron chi connectivity index (χ4n) is 3.05. The molecule has 3 unspecified atom stereocenters. The van der Waals surface area contributed by atoms with E-state index in [9.17, 15) is 20.2 Å². The van der Waals surface area contributed by atoms with Gasteiger partial charge >= 0.3 is 0 Å². The smallest absolute Gasteiger partial charge is 0.279 e. The predicted octanol–water partition coefficient (Wildman–Crippen LogP) is 2.81. The summed E-state index contributed by atoms with van der Waals surface area (Å²) in [6.07, 6.45) is 3.45. The zero-order valence-electron chi connectivity index (χ0n) is 11.9. The lowest BCUT2D eigenvalue weighted by molar-refractivity contribution is -0.394. The van der Waals surface area contributed by atoms with Crippen molar-refractivity contribution in [3.05, 3.63) is 44.0 Å². The van der Waals surface area contributed by atoms with Gasteiger partial charge in [-0.2, -0.15) is 0 Å². The van der Waals surface area contributed by atoms with Crippen LogP contribution in [0, 0.1) is 32.1 Å². The summed E-state index contributed by atoms with van der Waals surface area (Å²) in [5.41, 5.74) is 6.20. The number of hydrogen-bond donors (Lipinski definition) is 1. The van der Waals surface area contributed by atoms with Gasteiger partial charge in [-0.15, -0.1) is 0 Å². The van der Waals surface area contributed by atoms with Crippen molar-refractivity contribution < 1.29 is 9.85 Å². The Morgan fingerprint density at radius 1 is 1.24 bits per heavy atom. The summed E-state index contributed by atoms with van der Waals surface area (Å²) in [6, 6.07) is 3.88. The average molecular weight is 293 g/mol. The maximum atomic E-state index is 11.1. The van der Waals surface area contributed by atoms with Gasteiger partial charge in [-0.25, -0.2) is 0 Å². The van der Waals surface area contributed by atoms with Gasteiger partial charge in [-0.1, -0.05) is 6.92 Å². The number of rotatable bonds is 4. The van der Waals surface area contributed by atoms with Crippen LogP contribution in [-0.2, 0) is 6.42 Å². The second-order valence-electron chi connectivity index (χ2n) is 5.87. The Morgan fingerprint density at radius 2 is 1.95 bits per heavy atom.